The maximum atomic E-state index is 13.8. The zero-order valence-electron chi connectivity index (χ0n) is 31.2. The first-order valence-electron chi connectivity index (χ1n) is 18.8. The molecule has 1 aliphatic heterocycles. The zero-order chi connectivity index (χ0) is 37.3. The second-order valence-corrected chi connectivity index (χ2v) is 18.9. The van der Waals surface area contributed by atoms with E-state index in [0.29, 0.717) is 29.5 Å². The molecule has 10 nitrogen and oxygen atoms in total. The number of unbranched alkanes of at least 4 members (excludes halogenated alkanes) is 2. The topological polar surface area (TPSA) is 141 Å². The predicted octanol–water partition coefficient (Wildman–Crippen LogP) is 8.13. The van der Waals surface area contributed by atoms with Crippen LogP contribution in [0.15, 0.2) is 64.1 Å². The fraction of sp³-hybridized carbons (Fsp3) is 0.561. The van der Waals surface area contributed by atoms with Gasteiger partial charge in [-0.2, -0.15) is 5.26 Å². The number of ether oxygens (including phenoxy) is 2. The van der Waals surface area contributed by atoms with Crippen LogP contribution in [0.1, 0.15) is 107 Å². The fourth-order valence-corrected chi connectivity index (χ4v) is 13.2. The summed E-state index contributed by atoms with van der Waals surface area (Å²) in [6, 6.07) is 15.5. The number of aliphatic hydroxyl groups is 1. The van der Waals surface area contributed by atoms with Crippen LogP contribution in [0.5, 0.6) is 5.75 Å². The first-order valence-corrected chi connectivity index (χ1v) is 21.1. The van der Waals surface area contributed by atoms with Crippen molar-refractivity contribution in [1.29, 1.82) is 5.26 Å². The number of benzene rings is 1. The Hall–Kier alpha value is -3.82. The Balaban J connectivity index is 1.40. The molecule has 1 N–H and O–H groups in total. The average Bonchev–Trinajstić information content (AvgIpc) is 3.14. The van der Waals surface area contributed by atoms with Gasteiger partial charge in [-0.15, -0.1) is 0 Å². The van der Waals surface area contributed by atoms with Crippen LogP contribution in [0.2, 0.25) is 12.1 Å². The fourth-order valence-electron chi connectivity index (χ4n) is 9.51. The predicted molar refractivity (Wildman–Crippen MR) is 198 cm³/mol. The smallest absolute Gasteiger partial charge is 0.345 e. The van der Waals surface area contributed by atoms with Crippen molar-refractivity contribution >= 4 is 14.5 Å². The summed E-state index contributed by atoms with van der Waals surface area (Å²) in [5, 5.41) is 21.7. The third kappa shape index (κ3) is 6.86. The summed E-state index contributed by atoms with van der Waals surface area (Å²) in [5.41, 5.74) is -0.981. The van der Waals surface area contributed by atoms with E-state index in [0.717, 1.165) is 44.2 Å². The molecule has 3 aromatic rings. The number of hydrogen-bond donors (Lipinski definition) is 1. The minimum Gasteiger partial charge on any atom is -0.482 e. The Bertz CT molecular complexity index is 1820. The normalized spacial score (nSPS) is 29.5. The molecule has 278 valence electrons. The molecule has 0 radical (unpaired) electrons. The van der Waals surface area contributed by atoms with E-state index in [4.69, 9.17) is 22.7 Å². The molecule has 3 aliphatic rings. The molecule has 2 saturated carbocycles. The van der Waals surface area contributed by atoms with E-state index < -0.39 is 49.3 Å². The first kappa shape index (κ1) is 37.9. The van der Waals surface area contributed by atoms with Gasteiger partial charge < -0.3 is 27.8 Å². The van der Waals surface area contributed by atoms with Crippen molar-refractivity contribution in [3.05, 3.63) is 82.0 Å². The summed E-state index contributed by atoms with van der Waals surface area (Å²) in [5.74, 6) is -0.721. The number of carbonyl (C=O) groups excluding carboxylic acids is 1. The monoisotopic (exact) mass is 728 g/mol. The average molecular weight is 729 g/mol. The van der Waals surface area contributed by atoms with Gasteiger partial charge in [-0.25, -0.2) is 9.59 Å². The van der Waals surface area contributed by atoms with Crippen molar-refractivity contribution in [2.24, 2.45) is 23.2 Å². The molecule has 2 fully saturated rings. The summed E-state index contributed by atoms with van der Waals surface area (Å²) in [6.07, 6.45) is 7.30. The van der Waals surface area contributed by atoms with Crippen LogP contribution >= 0.6 is 0 Å². The number of pyridine rings is 1. The summed E-state index contributed by atoms with van der Waals surface area (Å²) >= 11 is 0. The van der Waals surface area contributed by atoms with Crippen molar-refractivity contribution in [3.8, 4) is 23.1 Å². The Morgan fingerprint density at radius 1 is 1.13 bits per heavy atom. The second-order valence-electron chi connectivity index (χ2n) is 15.4. The van der Waals surface area contributed by atoms with Crippen LogP contribution < -0.4 is 10.4 Å². The highest BCUT2D eigenvalue weighted by Gasteiger charge is 2.68. The lowest BCUT2D eigenvalue weighted by molar-refractivity contribution is -0.241. The number of esters is 1. The van der Waals surface area contributed by atoms with Gasteiger partial charge in [-0.3, -0.25) is 4.98 Å². The lowest BCUT2D eigenvalue weighted by Crippen LogP contribution is -2.69. The number of carbonyl (C=O) groups is 1. The Morgan fingerprint density at radius 3 is 2.46 bits per heavy atom. The van der Waals surface area contributed by atoms with E-state index in [1.807, 2.05) is 6.92 Å². The molecule has 2 aliphatic carbocycles. The van der Waals surface area contributed by atoms with E-state index in [2.05, 4.69) is 38.7 Å². The molecule has 3 heterocycles. The quantitative estimate of drug-likeness (QED) is 0.144. The van der Waals surface area contributed by atoms with E-state index >= 15 is 0 Å². The van der Waals surface area contributed by atoms with Gasteiger partial charge in [0.2, 0.25) is 0 Å². The largest absolute Gasteiger partial charge is 0.482 e. The Morgan fingerprint density at radius 2 is 1.85 bits per heavy atom. The number of nitrogens with zero attached hydrogens (tertiary/aromatic N) is 2. The van der Waals surface area contributed by atoms with Crippen molar-refractivity contribution in [2.75, 3.05) is 7.11 Å². The molecule has 7 unspecified atom stereocenters. The summed E-state index contributed by atoms with van der Waals surface area (Å²) in [4.78, 5) is 31.7. The third-order valence-corrected chi connectivity index (χ3v) is 16.1. The molecule has 0 amide bonds. The summed E-state index contributed by atoms with van der Waals surface area (Å²) in [6.45, 7) is 10.7. The highest BCUT2D eigenvalue weighted by Crippen LogP contribution is 2.65. The first-order chi connectivity index (χ1) is 24.9. The molecular weight excluding hydrogens is 677 g/mol. The van der Waals surface area contributed by atoms with E-state index in [9.17, 15) is 20.0 Å². The summed E-state index contributed by atoms with van der Waals surface area (Å²) in [7, 11) is -0.705. The maximum absolute atomic E-state index is 13.8. The Labute approximate surface area is 307 Å². The van der Waals surface area contributed by atoms with Gasteiger partial charge in [0, 0.05) is 37.1 Å². The molecule has 11 heteroatoms. The van der Waals surface area contributed by atoms with E-state index in [1.165, 1.54) is 0 Å². The number of fused-ring (bicyclic) bond motifs is 4. The van der Waals surface area contributed by atoms with Gasteiger partial charge in [0.05, 0.1) is 29.4 Å². The highest BCUT2D eigenvalue weighted by molar-refractivity contribution is 6.67. The molecule has 1 aromatic carbocycles. The van der Waals surface area contributed by atoms with Crippen molar-refractivity contribution in [3.63, 3.8) is 0 Å². The van der Waals surface area contributed by atoms with E-state index in [-0.39, 0.29) is 35.0 Å². The number of nitriles is 1. The van der Waals surface area contributed by atoms with Gasteiger partial charge in [-0.05, 0) is 91.9 Å². The van der Waals surface area contributed by atoms with Gasteiger partial charge >= 0.3 is 20.2 Å². The van der Waals surface area contributed by atoms with Crippen molar-refractivity contribution < 1.29 is 32.6 Å². The van der Waals surface area contributed by atoms with Crippen LogP contribution in [0, 0.1) is 34.5 Å². The lowest BCUT2D eigenvalue weighted by Gasteiger charge is -2.64. The van der Waals surface area contributed by atoms with Gasteiger partial charge in [-0.1, -0.05) is 53.4 Å². The van der Waals surface area contributed by atoms with E-state index in [1.54, 1.807) is 62.0 Å². The molecule has 8 atom stereocenters. The molecular formula is C41H52N2O8Si. The molecule has 0 saturated heterocycles. The second kappa shape index (κ2) is 15.3. The number of rotatable bonds is 12. The lowest BCUT2D eigenvalue weighted by atomic mass is 9.46. The number of hydrogen-bond acceptors (Lipinski definition) is 10. The van der Waals surface area contributed by atoms with Crippen LogP contribution in [0.25, 0.3) is 11.3 Å². The minimum absolute atomic E-state index is 0.0302. The van der Waals surface area contributed by atoms with Crippen LogP contribution in [-0.4, -0.2) is 49.5 Å². The van der Waals surface area contributed by atoms with Crippen molar-refractivity contribution in [2.45, 2.75) is 116 Å². The van der Waals surface area contributed by atoms with Gasteiger partial charge in [0.25, 0.3) is 0 Å². The number of aromatic nitrogens is 1. The third-order valence-electron chi connectivity index (χ3n) is 12.4. The standard InChI is InChI=1S/C41H52N2O8Si/c1-7-9-20-52(47-6,21-10-8-2)51-31-17-18-40(4)30(26(31)3)22-34(49-38(45)28-15-13-27(24-42)14-16-28)41(5)37(40)36(44)35-33(50-41)23-32(48-39(35)46)29-12-11-19-43-25-29/h11-16,19,23,25-26,30-31,34,36-37,44H,7-10,17-18,20-22H2,1-6H3/t26?,30?,31?,34-,36?,37?,40?,41?/m0/s1. The minimum atomic E-state index is -2.51. The number of aliphatic hydroxyl groups excluding tert-OH is 1. The summed E-state index contributed by atoms with van der Waals surface area (Å²) < 4.78 is 32.6. The van der Waals surface area contributed by atoms with Gasteiger partial charge in [0.1, 0.15) is 28.8 Å². The molecule has 6 rings (SSSR count). The maximum Gasteiger partial charge on any atom is 0.345 e. The highest BCUT2D eigenvalue weighted by atomic mass is 28.4. The SMILES string of the molecule is CCCC[Si](CCCC)(OC)OC1CCC2(C)C(C[C@H](OC(=O)c3ccc(C#N)cc3)C3(C)Oc4cc(-c5cccnc5)oc(=O)c4C(O)C23)C1C. The van der Waals surface area contributed by atoms with Crippen molar-refractivity contribution in [1.82, 2.24) is 4.98 Å². The molecule has 52 heavy (non-hydrogen) atoms. The zero-order valence-corrected chi connectivity index (χ0v) is 32.2. The van der Waals surface area contributed by atoms with Crippen LogP contribution in [0.4, 0.5) is 0 Å². The molecule has 0 bridgehead atoms. The Kier molecular flexibility index (Phi) is 11.1. The molecule has 0 spiro atoms. The molecule has 2 aromatic heterocycles. The van der Waals surface area contributed by atoms with Crippen LogP contribution in [0.3, 0.4) is 0 Å². The van der Waals surface area contributed by atoms with Crippen LogP contribution in [-0.2, 0) is 13.6 Å². The van der Waals surface area contributed by atoms with Gasteiger partial charge in [0.15, 0.2) is 0 Å².